The van der Waals surface area contributed by atoms with E-state index in [4.69, 9.17) is 4.74 Å². The average Bonchev–Trinajstić information content (AvgIpc) is 2.57. The molecule has 0 saturated heterocycles. The second kappa shape index (κ2) is 6.04. The lowest BCUT2D eigenvalue weighted by Crippen LogP contribution is -2.29. The summed E-state index contributed by atoms with van der Waals surface area (Å²) >= 11 is 1.57. The smallest absolute Gasteiger partial charge is 0.0897 e. The molecule has 0 aromatic carbocycles. The summed E-state index contributed by atoms with van der Waals surface area (Å²) in [5, 5.41) is 14.3. The zero-order chi connectivity index (χ0) is 9.52. The summed E-state index contributed by atoms with van der Waals surface area (Å²) in [6, 6.07) is 0. The number of methoxy groups -OCH3 is 1. The van der Waals surface area contributed by atoms with Crippen LogP contribution in [0.3, 0.4) is 0 Å². The lowest BCUT2D eigenvalue weighted by Gasteiger charge is -2.09. The van der Waals surface area contributed by atoms with E-state index < -0.39 is 6.10 Å². The van der Waals surface area contributed by atoms with E-state index in [9.17, 15) is 5.11 Å². The summed E-state index contributed by atoms with van der Waals surface area (Å²) in [5.41, 5.74) is 2.80. The molecule has 0 saturated carbocycles. The molecule has 0 bridgehead atoms. The lowest BCUT2D eigenvalue weighted by molar-refractivity contribution is 0.0644. The fourth-order valence-electron chi connectivity index (χ4n) is 0.943. The van der Waals surface area contributed by atoms with Gasteiger partial charge in [-0.05, 0) is 0 Å². The van der Waals surface area contributed by atoms with Crippen molar-refractivity contribution in [3.63, 3.8) is 0 Å². The molecule has 0 radical (unpaired) electrons. The van der Waals surface area contributed by atoms with Gasteiger partial charge in [0.1, 0.15) is 0 Å². The molecule has 13 heavy (non-hydrogen) atoms. The molecule has 1 rings (SSSR count). The van der Waals surface area contributed by atoms with Gasteiger partial charge in [0, 0.05) is 25.6 Å². The third-order valence-electron chi connectivity index (χ3n) is 1.53. The summed E-state index contributed by atoms with van der Waals surface area (Å²) in [5.74, 6) is 0. The highest BCUT2D eigenvalue weighted by molar-refractivity contribution is 7.07. The van der Waals surface area contributed by atoms with Crippen LogP contribution in [-0.2, 0) is 11.3 Å². The maximum atomic E-state index is 9.27. The topological polar surface area (TPSA) is 54.4 Å². The molecule has 0 aliphatic carbocycles. The van der Waals surface area contributed by atoms with E-state index in [0.717, 1.165) is 5.69 Å². The first kappa shape index (κ1) is 10.6. The Kier molecular flexibility index (Phi) is 4.92. The number of ether oxygens (including phenoxy) is 1. The van der Waals surface area contributed by atoms with Crippen LogP contribution < -0.4 is 5.32 Å². The number of rotatable bonds is 6. The summed E-state index contributed by atoms with van der Waals surface area (Å²) in [6.45, 7) is 1.60. The summed E-state index contributed by atoms with van der Waals surface area (Å²) in [4.78, 5) is 4.10. The molecule has 0 fully saturated rings. The standard InChI is InChI=1S/C8H14N2O2S/c1-12-4-8(11)3-9-2-7-5-13-6-10-7/h5-6,8-9,11H,2-4H2,1H3. The maximum absolute atomic E-state index is 9.27. The highest BCUT2D eigenvalue weighted by atomic mass is 32.1. The number of thiazole rings is 1. The van der Waals surface area contributed by atoms with E-state index >= 15 is 0 Å². The molecule has 4 nitrogen and oxygen atoms in total. The predicted molar refractivity (Wildman–Crippen MR) is 51.7 cm³/mol. The molecule has 74 valence electrons. The third-order valence-corrected chi connectivity index (χ3v) is 2.16. The molecule has 0 aliphatic heterocycles. The minimum Gasteiger partial charge on any atom is -0.389 e. The van der Waals surface area contributed by atoms with Gasteiger partial charge in [0.05, 0.1) is 23.9 Å². The number of aromatic nitrogens is 1. The van der Waals surface area contributed by atoms with E-state index in [1.54, 1.807) is 24.0 Å². The first-order valence-electron chi connectivity index (χ1n) is 4.07. The van der Waals surface area contributed by atoms with Crippen LogP contribution in [0.5, 0.6) is 0 Å². The Morgan fingerprint density at radius 3 is 3.23 bits per heavy atom. The van der Waals surface area contributed by atoms with E-state index in [0.29, 0.717) is 19.7 Å². The van der Waals surface area contributed by atoms with Crippen molar-refractivity contribution in [2.45, 2.75) is 12.6 Å². The van der Waals surface area contributed by atoms with Gasteiger partial charge in [0.25, 0.3) is 0 Å². The summed E-state index contributed by atoms with van der Waals surface area (Å²) < 4.78 is 4.79. The molecule has 0 spiro atoms. The van der Waals surface area contributed by atoms with Crippen LogP contribution in [0.4, 0.5) is 0 Å². The summed E-state index contributed by atoms with van der Waals surface area (Å²) in [6.07, 6.45) is -0.441. The Balaban J connectivity index is 2.07. The number of hydrogen-bond acceptors (Lipinski definition) is 5. The van der Waals surface area contributed by atoms with Gasteiger partial charge < -0.3 is 15.2 Å². The molecule has 1 heterocycles. The van der Waals surface area contributed by atoms with Gasteiger partial charge in [0.15, 0.2) is 0 Å². The fraction of sp³-hybridized carbons (Fsp3) is 0.625. The molecule has 1 aromatic rings. The Bertz CT molecular complexity index is 216. The van der Waals surface area contributed by atoms with E-state index in [1.807, 2.05) is 5.38 Å². The van der Waals surface area contributed by atoms with Gasteiger partial charge in [0.2, 0.25) is 0 Å². The van der Waals surface area contributed by atoms with Crippen LogP contribution in [0.25, 0.3) is 0 Å². The molecule has 0 aliphatic rings. The van der Waals surface area contributed by atoms with Crippen molar-refractivity contribution in [3.05, 3.63) is 16.6 Å². The van der Waals surface area contributed by atoms with Crippen molar-refractivity contribution in [1.29, 1.82) is 0 Å². The largest absolute Gasteiger partial charge is 0.389 e. The van der Waals surface area contributed by atoms with E-state index in [-0.39, 0.29) is 0 Å². The highest BCUT2D eigenvalue weighted by Gasteiger charge is 2.02. The third kappa shape index (κ3) is 4.33. The second-order valence-electron chi connectivity index (χ2n) is 2.72. The van der Waals surface area contributed by atoms with Crippen molar-refractivity contribution in [2.75, 3.05) is 20.3 Å². The van der Waals surface area contributed by atoms with Gasteiger partial charge in [-0.15, -0.1) is 11.3 Å². The van der Waals surface area contributed by atoms with E-state index in [2.05, 4.69) is 10.3 Å². The lowest BCUT2D eigenvalue weighted by atomic mass is 10.3. The van der Waals surface area contributed by atoms with Crippen molar-refractivity contribution < 1.29 is 9.84 Å². The first-order valence-corrected chi connectivity index (χ1v) is 5.02. The molecular weight excluding hydrogens is 188 g/mol. The van der Waals surface area contributed by atoms with Gasteiger partial charge in [-0.3, -0.25) is 0 Å². The average molecular weight is 202 g/mol. The first-order chi connectivity index (χ1) is 6.33. The van der Waals surface area contributed by atoms with Gasteiger partial charge in [-0.1, -0.05) is 0 Å². The normalized spacial score (nSPS) is 13.1. The number of nitrogens with zero attached hydrogens (tertiary/aromatic N) is 1. The SMILES string of the molecule is COCC(O)CNCc1cscn1. The molecular formula is C8H14N2O2S. The van der Waals surface area contributed by atoms with Gasteiger partial charge in [-0.25, -0.2) is 4.98 Å². The Labute approximate surface area is 81.6 Å². The van der Waals surface area contributed by atoms with Crippen LogP contribution in [0, 0.1) is 0 Å². The number of aliphatic hydroxyl groups excluding tert-OH is 1. The predicted octanol–water partition coefficient (Wildman–Crippen LogP) is 0.240. The van der Waals surface area contributed by atoms with Crippen LogP contribution in [0.1, 0.15) is 5.69 Å². The number of aliphatic hydroxyl groups is 1. The highest BCUT2D eigenvalue weighted by Crippen LogP contribution is 1.99. The Hall–Kier alpha value is -0.490. The quantitative estimate of drug-likeness (QED) is 0.694. The monoisotopic (exact) mass is 202 g/mol. The Morgan fingerprint density at radius 2 is 2.62 bits per heavy atom. The minimum atomic E-state index is -0.441. The van der Waals surface area contributed by atoms with E-state index in [1.165, 1.54) is 0 Å². The molecule has 0 amide bonds. The zero-order valence-corrected chi connectivity index (χ0v) is 8.38. The molecule has 5 heteroatoms. The molecule has 2 N–H and O–H groups in total. The minimum absolute atomic E-state index is 0.365. The molecule has 1 aromatic heterocycles. The van der Waals surface area contributed by atoms with Crippen LogP contribution in [0.2, 0.25) is 0 Å². The van der Waals surface area contributed by atoms with Crippen molar-refractivity contribution in [3.8, 4) is 0 Å². The summed E-state index contributed by atoms with van der Waals surface area (Å²) in [7, 11) is 1.57. The van der Waals surface area contributed by atoms with Crippen molar-refractivity contribution in [2.24, 2.45) is 0 Å². The van der Waals surface area contributed by atoms with Crippen LogP contribution in [-0.4, -0.2) is 36.5 Å². The van der Waals surface area contributed by atoms with Gasteiger partial charge >= 0.3 is 0 Å². The Morgan fingerprint density at radius 1 is 1.77 bits per heavy atom. The van der Waals surface area contributed by atoms with Crippen LogP contribution in [0.15, 0.2) is 10.9 Å². The fourth-order valence-corrected chi connectivity index (χ4v) is 1.50. The maximum Gasteiger partial charge on any atom is 0.0897 e. The second-order valence-corrected chi connectivity index (χ2v) is 3.44. The van der Waals surface area contributed by atoms with Crippen molar-refractivity contribution >= 4 is 11.3 Å². The van der Waals surface area contributed by atoms with Crippen molar-refractivity contribution in [1.82, 2.24) is 10.3 Å². The molecule has 1 atom stereocenters. The number of nitrogens with one attached hydrogen (secondary N) is 1. The van der Waals surface area contributed by atoms with Gasteiger partial charge in [-0.2, -0.15) is 0 Å². The zero-order valence-electron chi connectivity index (χ0n) is 7.56. The molecule has 1 unspecified atom stereocenters. The van der Waals surface area contributed by atoms with Crippen LogP contribution >= 0.6 is 11.3 Å². The number of hydrogen-bond donors (Lipinski definition) is 2.